The molecule has 2 aliphatic carbocycles. The highest BCUT2D eigenvalue weighted by molar-refractivity contribution is 5.72. The first kappa shape index (κ1) is 15.2. The van der Waals surface area contributed by atoms with Crippen molar-refractivity contribution in [3.8, 4) is 11.1 Å². The number of hydrogen-bond donors (Lipinski definition) is 1. The Balaban J connectivity index is 1.65. The SMILES string of the molecule is Cc1c(-c2ccc([C@H]3C[C@@H]4CC[C@H]3C4)cc2)ccn(C(=O)O)c1=O. The summed E-state index contributed by atoms with van der Waals surface area (Å²) in [5.41, 5.74) is 3.17. The Kier molecular flexibility index (Phi) is 3.56. The van der Waals surface area contributed by atoms with Gasteiger partial charge in [-0.2, -0.15) is 0 Å². The summed E-state index contributed by atoms with van der Waals surface area (Å²) in [5.74, 6) is 2.46. The molecule has 1 N–H and O–H groups in total. The molecule has 2 aromatic rings. The number of pyridine rings is 1. The average Bonchev–Trinajstić information content (AvgIpc) is 3.20. The number of rotatable bonds is 2. The van der Waals surface area contributed by atoms with Crippen LogP contribution < -0.4 is 5.56 Å². The predicted octanol–water partition coefficient (Wildman–Crippen LogP) is 4.25. The smallest absolute Gasteiger partial charge is 0.418 e. The lowest BCUT2D eigenvalue weighted by Crippen LogP contribution is -2.27. The second-order valence-corrected chi connectivity index (χ2v) is 7.22. The van der Waals surface area contributed by atoms with E-state index in [0.29, 0.717) is 11.5 Å². The molecule has 2 saturated carbocycles. The summed E-state index contributed by atoms with van der Waals surface area (Å²) >= 11 is 0. The van der Waals surface area contributed by atoms with Gasteiger partial charge in [0.1, 0.15) is 0 Å². The van der Waals surface area contributed by atoms with Gasteiger partial charge in [0, 0.05) is 11.8 Å². The van der Waals surface area contributed by atoms with Gasteiger partial charge in [0.2, 0.25) is 0 Å². The fourth-order valence-corrected chi connectivity index (χ4v) is 4.66. The zero-order chi connectivity index (χ0) is 16.8. The number of benzene rings is 1. The van der Waals surface area contributed by atoms with Gasteiger partial charge in [-0.1, -0.05) is 30.7 Å². The first-order valence-corrected chi connectivity index (χ1v) is 8.60. The van der Waals surface area contributed by atoms with Gasteiger partial charge in [-0.05, 0) is 66.7 Å². The highest BCUT2D eigenvalue weighted by Gasteiger charge is 2.39. The summed E-state index contributed by atoms with van der Waals surface area (Å²) < 4.78 is 0.725. The summed E-state index contributed by atoms with van der Waals surface area (Å²) in [4.78, 5) is 23.2. The van der Waals surface area contributed by atoms with Crippen molar-refractivity contribution in [2.75, 3.05) is 0 Å². The van der Waals surface area contributed by atoms with E-state index in [1.54, 1.807) is 13.0 Å². The molecule has 3 atom stereocenters. The van der Waals surface area contributed by atoms with Crippen LogP contribution in [-0.4, -0.2) is 15.8 Å². The Morgan fingerprint density at radius 2 is 1.88 bits per heavy atom. The van der Waals surface area contributed by atoms with Crippen LogP contribution in [-0.2, 0) is 0 Å². The Bertz CT molecular complexity index is 850. The van der Waals surface area contributed by atoms with E-state index in [9.17, 15) is 9.59 Å². The van der Waals surface area contributed by atoms with Crippen molar-refractivity contribution in [2.45, 2.75) is 38.5 Å². The molecule has 0 radical (unpaired) electrons. The van der Waals surface area contributed by atoms with Gasteiger partial charge in [0.05, 0.1) is 0 Å². The van der Waals surface area contributed by atoms with E-state index in [-0.39, 0.29) is 0 Å². The molecule has 2 fully saturated rings. The quantitative estimate of drug-likeness (QED) is 0.898. The lowest BCUT2D eigenvalue weighted by Gasteiger charge is -2.22. The number of carboxylic acid groups (broad SMARTS) is 1. The average molecular weight is 323 g/mol. The zero-order valence-corrected chi connectivity index (χ0v) is 13.7. The van der Waals surface area contributed by atoms with Crippen LogP contribution in [0.15, 0.2) is 41.3 Å². The first-order valence-electron chi connectivity index (χ1n) is 8.60. The van der Waals surface area contributed by atoms with E-state index in [0.717, 1.165) is 27.5 Å². The lowest BCUT2D eigenvalue weighted by molar-refractivity contribution is 0.195. The summed E-state index contributed by atoms with van der Waals surface area (Å²) in [5, 5.41) is 9.02. The molecular formula is C20H21NO3. The molecule has 124 valence electrons. The monoisotopic (exact) mass is 323 g/mol. The summed E-state index contributed by atoms with van der Waals surface area (Å²) in [6.45, 7) is 1.68. The number of carbonyl (C=O) groups is 1. The highest BCUT2D eigenvalue weighted by atomic mass is 16.4. The van der Waals surface area contributed by atoms with Crippen LogP contribution >= 0.6 is 0 Å². The zero-order valence-electron chi connectivity index (χ0n) is 13.7. The minimum absolute atomic E-state index is 0.465. The predicted molar refractivity (Wildman–Crippen MR) is 92.5 cm³/mol. The van der Waals surface area contributed by atoms with Gasteiger partial charge in [-0.3, -0.25) is 4.79 Å². The van der Waals surface area contributed by atoms with Gasteiger partial charge < -0.3 is 5.11 Å². The molecule has 4 rings (SSSR count). The normalized spacial score (nSPS) is 25.1. The van der Waals surface area contributed by atoms with Crippen molar-refractivity contribution in [3.05, 3.63) is 58.0 Å². The van der Waals surface area contributed by atoms with Crippen LogP contribution in [0.2, 0.25) is 0 Å². The third-order valence-electron chi connectivity index (χ3n) is 5.93. The van der Waals surface area contributed by atoms with Gasteiger partial charge in [0.15, 0.2) is 0 Å². The molecule has 0 saturated heterocycles. The van der Waals surface area contributed by atoms with Gasteiger partial charge >= 0.3 is 6.09 Å². The van der Waals surface area contributed by atoms with Crippen molar-refractivity contribution in [2.24, 2.45) is 11.8 Å². The third kappa shape index (κ3) is 2.37. The molecule has 4 heteroatoms. The van der Waals surface area contributed by atoms with E-state index in [4.69, 9.17) is 5.11 Å². The maximum absolute atomic E-state index is 12.1. The second-order valence-electron chi connectivity index (χ2n) is 7.22. The molecule has 0 aliphatic heterocycles. The summed E-state index contributed by atoms with van der Waals surface area (Å²) in [7, 11) is 0. The Morgan fingerprint density at radius 1 is 1.12 bits per heavy atom. The standard InChI is InChI=1S/C20H21NO3/c1-12-17(8-9-21(19(12)22)20(23)24)14-4-6-15(7-5-14)18-11-13-2-3-16(18)10-13/h4-9,13,16,18H,2-3,10-11H2,1H3,(H,23,24)/t13-,16+,18-/m1/s1. The van der Waals surface area contributed by atoms with E-state index in [2.05, 4.69) is 24.3 Å². The van der Waals surface area contributed by atoms with E-state index >= 15 is 0 Å². The van der Waals surface area contributed by atoms with Crippen LogP contribution in [0.25, 0.3) is 11.1 Å². The van der Waals surface area contributed by atoms with Gasteiger partial charge in [-0.25, -0.2) is 9.36 Å². The van der Waals surface area contributed by atoms with Crippen LogP contribution in [0.4, 0.5) is 4.79 Å². The summed E-state index contributed by atoms with van der Waals surface area (Å²) in [6.07, 6.45) is 5.55. The minimum Gasteiger partial charge on any atom is -0.464 e. The van der Waals surface area contributed by atoms with Crippen LogP contribution in [0.3, 0.4) is 0 Å². The number of aromatic nitrogens is 1. The molecular weight excluding hydrogens is 302 g/mol. The van der Waals surface area contributed by atoms with Gasteiger partial charge in [-0.15, -0.1) is 0 Å². The molecule has 1 aromatic carbocycles. The molecule has 24 heavy (non-hydrogen) atoms. The fraction of sp³-hybridized carbons (Fsp3) is 0.400. The van der Waals surface area contributed by atoms with Gasteiger partial charge in [0.25, 0.3) is 5.56 Å². The topological polar surface area (TPSA) is 59.3 Å². The van der Waals surface area contributed by atoms with Crippen molar-refractivity contribution in [3.63, 3.8) is 0 Å². The molecule has 1 heterocycles. The second kappa shape index (κ2) is 5.62. The van der Waals surface area contributed by atoms with Crippen molar-refractivity contribution in [1.82, 2.24) is 4.57 Å². The first-order chi connectivity index (χ1) is 11.5. The van der Waals surface area contributed by atoms with Crippen molar-refractivity contribution in [1.29, 1.82) is 0 Å². The molecule has 2 aliphatic rings. The number of hydrogen-bond acceptors (Lipinski definition) is 2. The molecule has 0 amide bonds. The van der Waals surface area contributed by atoms with Crippen LogP contribution in [0, 0.1) is 18.8 Å². The lowest BCUT2D eigenvalue weighted by atomic mass is 9.83. The molecule has 1 aromatic heterocycles. The van der Waals surface area contributed by atoms with Crippen molar-refractivity contribution < 1.29 is 9.90 Å². The Morgan fingerprint density at radius 3 is 2.46 bits per heavy atom. The fourth-order valence-electron chi connectivity index (χ4n) is 4.66. The molecule has 0 unspecified atom stereocenters. The minimum atomic E-state index is -1.25. The Labute approximate surface area is 140 Å². The van der Waals surface area contributed by atoms with Crippen molar-refractivity contribution >= 4 is 6.09 Å². The maximum Gasteiger partial charge on any atom is 0.418 e. The van der Waals surface area contributed by atoms with E-state index < -0.39 is 11.7 Å². The summed E-state index contributed by atoms with van der Waals surface area (Å²) in [6, 6.07) is 10.2. The molecule has 0 spiro atoms. The number of fused-ring (bicyclic) bond motifs is 2. The van der Waals surface area contributed by atoms with Crippen LogP contribution in [0.5, 0.6) is 0 Å². The Hall–Kier alpha value is -2.36. The van der Waals surface area contributed by atoms with Crippen LogP contribution in [0.1, 0.15) is 42.7 Å². The molecule has 2 bridgehead atoms. The maximum atomic E-state index is 12.1. The van der Waals surface area contributed by atoms with E-state index in [1.807, 2.05) is 0 Å². The third-order valence-corrected chi connectivity index (χ3v) is 5.93. The largest absolute Gasteiger partial charge is 0.464 e. The molecule has 4 nitrogen and oxygen atoms in total. The highest BCUT2D eigenvalue weighted by Crippen LogP contribution is 2.52. The number of nitrogens with zero attached hydrogens (tertiary/aromatic N) is 1. The van der Waals surface area contributed by atoms with E-state index in [1.165, 1.54) is 37.4 Å².